The van der Waals surface area contributed by atoms with Gasteiger partial charge in [-0.1, -0.05) is 12.8 Å². The number of hydrogen-bond acceptors (Lipinski definition) is 4. The maximum atomic E-state index is 12.4. The molecular formula is C17H25N3O2S. The van der Waals surface area contributed by atoms with E-state index in [9.17, 15) is 9.59 Å². The van der Waals surface area contributed by atoms with Crippen molar-refractivity contribution >= 4 is 28.2 Å². The van der Waals surface area contributed by atoms with Crippen LogP contribution in [0.15, 0.2) is 0 Å². The zero-order valence-electron chi connectivity index (χ0n) is 13.5. The van der Waals surface area contributed by atoms with Gasteiger partial charge in [0, 0.05) is 4.88 Å². The SMILES string of the molecule is NC(=O)c1c(NC(=O)CN2CCCCCC2)sc2c1CCCC2. The van der Waals surface area contributed by atoms with Crippen LogP contribution in [-0.4, -0.2) is 36.3 Å². The van der Waals surface area contributed by atoms with Gasteiger partial charge in [0.05, 0.1) is 12.1 Å². The van der Waals surface area contributed by atoms with Crippen molar-refractivity contribution in [2.45, 2.75) is 51.4 Å². The molecule has 1 fully saturated rings. The highest BCUT2D eigenvalue weighted by Gasteiger charge is 2.25. The number of rotatable bonds is 4. The Morgan fingerprint density at radius 2 is 1.74 bits per heavy atom. The molecule has 23 heavy (non-hydrogen) atoms. The molecular weight excluding hydrogens is 310 g/mol. The van der Waals surface area contributed by atoms with E-state index in [4.69, 9.17) is 5.73 Å². The van der Waals surface area contributed by atoms with Crippen LogP contribution in [0.3, 0.4) is 0 Å². The molecule has 0 saturated carbocycles. The first-order valence-corrected chi connectivity index (χ1v) is 9.43. The molecule has 1 aliphatic carbocycles. The molecule has 126 valence electrons. The lowest BCUT2D eigenvalue weighted by Gasteiger charge is -2.18. The molecule has 0 aromatic carbocycles. The third kappa shape index (κ3) is 3.93. The van der Waals surface area contributed by atoms with Crippen LogP contribution in [-0.2, 0) is 17.6 Å². The maximum Gasteiger partial charge on any atom is 0.251 e. The molecule has 0 atom stereocenters. The number of nitrogens with two attached hydrogens (primary N) is 1. The Kier molecular flexibility index (Phi) is 5.33. The van der Waals surface area contributed by atoms with Gasteiger partial charge in [0.1, 0.15) is 5.00 Å². The number of fused-ring (bicyclic) bond motifs is 1. The fraction of sp³-hybridized carbons (Fsp3) is 0.647. The molecule has 1 aromatic rings. The summed E-state index contributed by atoms with van der Waals surface area (Å²) in [6.07, 6.45) is 8.94. The van der Waals surface area contributed by atoms with Crippen LogP contribution < -0.4 is 11.1 Å². The number of aryl methyl sites for hydroxylation is 1. The topological polar surface area (TPSA) is 75.4 Å². The predicted molar refractivity (Wildman–Crippen MR) is 93.0 cm³/mol. The predicted octanol–water partition coefficient (Wildman–Crippen LogP) is 2.54. The lowest BCUT2D eigenvalue weighted by Crippen LogP contribution is -2.34. The van der Waals surface area contributed by atoms with Crippen LogP contribution >= 0.6 is 11.3 Å². The van der Waals surface area contributed by atoms with Gasteiger partial charge in [0.2, 0.25) is 5.91 Å². The summed E-state index contributed by atoms with van der Waals surface area (Å²) < 4.78 is 0. The van der Waals surface area contributed by atoms with E-state index in [2.05, 4.69) is 10.2 Å². The van der Waals surface area contributed by atoms with Crippen LogP contribution in [0, 0.1) is 0 Å². The number of thiophene rings is 1. The van der Waals surface area contributed by atoms with Crippen molar-refractivity contribution in [3.05, 3.63) is 16.0 Å². The number of nitrogens with zero attached hydrogens (tertiary/aromatic N) is 1. The lowest BCUT2D eigenvalue weighted by molar-refractivity contribution is -0.117. The quantitative estimate of drug-likeness (QED) is 0.888. The molecule has 2 heterocycles. The average molecular weight is 335 g/mol. The Balaban J connectivity index is 1.70. The number of likely N-dealkylation sites (tertiary alicyclic amines) is 1. The largest absolute Gasteiger partial charge is 0.365 e. The molecule has 3 N–H and O–H groups in total. The maximum absolute atomic E-state index is 12.4. The van der Waals surface area contributed by atoms with Crippen molar-refractivity contribution in [1.29, 1.82) is 0 Å². The number of hydrogen-bond donors (Lipinski definition) is 2. The summed E-state index contributed by atoms with van der Waals surface area (Å²) in [6, 6.07) is 0. The van der Waals surface area contributed by atoms with E-state index in [-0.39, 0.29) is 5.91 Å². The molecule has 1 aliphatic heterocycles. The number of anilines is 1. The van der Waals surface area contributed by atoms with E-state index < -0.39 is 5.91 Å². The third-order valence-corrected chi connectivity index (χ3v) is 5.94. The Morgan fingerprint density at radius 3 is 2.43 bits per heavy atom. The molecule has 0 radical (unpaired) electrons. The van der Waals surface area contributed by atoms with Gasteiger partial charge in [-0.15, -0.1) is 11.3 Å². The molecule has 2 aliphatic rings. The second-order valence-corrected chi connectivity index (χ2v) is 7.62. The van der Waals surface area contributed by atoms with Crippen molar-refractivity contribution in [2.75, 3.05) is 25.0 Å². The summed E-state index contributed by atoms with van der Waals surface area (Å²) in [5.41, 5.74) is 7.19. The standard InChI is InChI=1S/C17H25N3O2S/c18-16(22)15-12-7-3-4-8-13(12)23-17(15)19-14(21)11-20-9-5-1-2-6-10-20/h1-11H2,(H2,18,22)(H,19,21). The fourth-order valence-corrected chi connectivity index (χ4v) is 4.89. The second kappa shape index (κ2) is 7.45. The number of carbonyl (C=O) groups excluding carboxylic acids is 2. The van der Waals surface area contributed by atoms with Crippen molar-refractivity contribution in [3.63, 3.8) is 0 Å². The summed E-state index contributed by atoms with van der Waals surface area (Å²) in [5.74, 6) is -0.456. The summed E-state index contributed by atoms with van der Waals surface area (Å²) in [5, 5.41) is 3.61. The minimum atomic E-state index is -0.422. The molecule has 6 heteroatoms. The Bertz CT molecular complexity index is 589. The van der Waals surface area contributed by atoms with Crippen LogP contribution in [0.5, 0.6) is 0 Å². The highest BCUT2D eigenvalue weighted by atomic mass is 32.1. The van der Waals surface area contributed by atoms with Crippen LogP contribution in [0.1, 0.15) is 59.3 Å². The van der Waals surface area contributed by atoms with E-state index >= 15 is 0 Å². The molecule has 3 rings (SSSR count). The van der Waals surface area contributed by atoms with Crippen molar-refractivity contribution < 1.29 is 9.59 Å². The zero-order chi connectivity index (χ0) is 16.2. The average Bonchev–Trinajstić information content (AvgIpc) is 2.68. The van der Waals surface area contributed by atoms with Gasteiger partial charge in [-0.2, -0.15) is 0 Å². The number of carbonyl (C=O) groups is 2. The smallest absolute Gasteiger partial charge is 0.251 e. The summed E-state index contributed by atoms with van der Waals surface area (Å²) in [4.78, 5) is 27.6. The molecule has 5 nitrogen and oxygen atoms in total. The zero-order valence-corrected chi connectivity index (χ0v) is 14.3. The van der Waals surface area contributed by atoms with Gasteiger partial charge in [0.25, 0.3) is 5.91 Å². The molecule has 0 spiro atoms. The number of primary amides is 1. The number of amides is 2. The van der Waals surface area contributed by atoms with Gasteiger partial charge >= 0.3 is 0 Å². The first-order chi connectivity index (χ1) is 11.1. The van der Waals surface area contributed by atoms with Crippen LogP contribution in [0.4, 0.5) is 5.00 Å². The molecule has 0 unspecified atom stereocenters. The molecule has 1 saturated heterocycles. The third-order valence-electron chi connectivity index (χ3n) is 4.74. The van der Waals surface area contributed by atoms with Gasteiger partial charge in [-0.3, -0.25) is 14.5 Å². The second-order valence-electron chi connectivity index (χ2n) is 6.52. The Hall–Kier alpha value is -1.40. The minimum Gasteiger partial charge on any atom is -0.365 e. The van der Waals surface area contributed by atoms with E-state index in [0.717, 1.165) is 57.2 Å². The fourth-order valence-electron chi connectivity index (χ4n) is 3.58. The summed E-state index contributed by atoms with van der Waals surface area (Å²) >= 11 is 1.53. The highest BCUT2D eigenvalue weighted by molar-refractivity contribution is 7.17. The Morgan fingerprint density at radius 1 is 1.04 bits per heavy atom. The minimum absolute atomic E-state index is 0.0343. The van der Waals surface area contributed by atoms with Crippen LogP contribution in [0.2, 0.25) is 0 Å². The van der Waals surface area contributed by atoms with E-state index in [1.165, 1.54) is 29.1 Å². The monoisotopic (exact) mass is 335 g/mol. The van der Waals surface area contributed by atoms with Gasteiger partial charge in [-0.05, 0) is 57.2 Å². The van der Waals surface area contributed by atoms with Crippen LogP contribution in [0.25, 0.3) is 0 Å². The summed E-state index contributed by atoms with van der Waals surface area (Å²) in [6.45, 7) is 2.37. The van der Waals surface area contributed by atoms with E-state index in [0.29, 0.717) is 17.1 Å². The lowest BCUT2D eigenvalue weighted by atomic mass is 9.95. The van der Waals surface area contributed by atoms with Gasteiger partial charge in [0.15, 0.2) is 0 Å². The normalized spacial score (nSPS) is 19.0. The highest BCUT2D eigenvalue weighted by Crippen LogP contribution is 2.37. The van der Waals surface area contributed by atoms with Crippen molar-refractivity contribution in [2.24, 2.45) is 5.73 Å². The number of nitrogens with one attached hydrogen (secondary N) is 1. The molecule has 0 bridgehead atoms. The van der Waals surface area contributed by atoms with Gasteiger partial charge < -0.3 is 11.1 Å². The van der Waals surface area contributed by atoms with Crippen molar-refractivity contribution in [3.8, 4) is 0 Å². The first-order valence-electron chi connectivity index (χ1n) is 8.61. The van der Waals surface area contributed by atoms with Gasteiger partial charge in [-0.25, -0.2) is 0 Å². The van der Waals surface area contributed by atoms with E-state index in [1.807, 2.05) is 0 Å². The Labute approximate surface area is 141 Å². The summed E-state index contributed by atoms with van der Waals surface area (Å²) in [7, 11) is 0. The van der Waals surface area contributed by atoms with E-state index in [1.54, 1.807) is 0 Å². The first kappa shape index (κ1) is 16.5. The molecule has 2 amide bonds. The molecule has 1 aromatic heterocycles. The van der Waals surface area contributed by atoms with Crippen molar-refractivity contribution in [1.82, 2.24) is 4.90 Å².